The summed E-state index contributed by atoms with van der Waals surface area (Å²) in [5.74, 6) is 0.854. The molecule has 0 saturated heterocycles. The van der Waals surface area contributed by atoms with Gasteiger partial charge in [0.2, 0.25) is 0 Å². The van der Waals surface area contributed by atoms with Crippen LogP contribution >= 0.6 is 35.6 Å². The summed E-state index contributed by atoms with van der Waals surface area (Å²) in [5, 5.41) is 7.45. The first-order valence-corrected chi connectivity index (χ1v) is 8.83. The summed E-state index contributed by atoms with van der Waals surface area (Å²) in [6, 6.07) is 7.86. The standard InChI is InChI=1S/C18H31ClN4.HI/c1-20-18(22-15-16-9-11-17(19)12-10-16)21-13-7-5-4-6-8-14-23(2)3;/h9-12H,4-8,13-15H2,1-3H3,(H2,20,21,22);1H. The van der Waals surface area contributed by atoms with Gasteiger partial charge in [-0.15, -0.1) is 24.0 Å². The number of aliphatic imine (C=N–C) groups is 1. The van der Waals surface area contributed by atoms with Crippen molar-refractivity contribution in [3.63, 3.8) is 0 Å². The third-order valence-electron chi connectivity index (χ3n) is 3.67. The van der Waals surface area contributed by atoms with E-state index in [1.807, 2.05) is 24.3 Å². The Kier molecular flexibility index (Phi) is 14.5. The fraction of sp³-hybridized carbons (Fsp3) is 0.611. The van der Waals surface area contributed by atoms with E-state index in [0.717, 1.165) is 24.1 Å². The lowest BCUT2D eigenvalue weighted by molar-refractivity contribution is 0.389. The molecule has 0 amide bonds. The Morgan fingerprint density at radius 3 is 2.25 bits per heavy atom. The highest BCUT2D eigenvalue weighted by Gasteiger charge is 1.98. The van der Waals surface area contributed by atoms with Crippen LogP contribution in [0.5, 0.6) is 0 Å². The molecule has 24 heavy (non-hydrogen) atoms. The molecule has 6 heteroatoms. The molecular weight excluding hydrogens is 435 g/mol. The third kappa shape index (κ3) is 11.9. The lowest BCUT2D eigenvalue weighted by Gasteiger charge is -2.12. The molecule has 1 aromatic carbocycles. The van der Waals surface area contributed by atoms with Crippen LogP contribution in [0.15, 0.2) is 29.3 Å². The molecule has 0 atom stereocenters. The fourth-order valence-electron chi connectivity index (χ4n) is 2.30. The molecule has 1 aromatic rings. The number of hydrogen-bond acceptors (Lipinski definition) is 2. The molecule has 0 fully saturated rings. The number of nitrogens with one attached hydrogen (secondary N) is 2. The molecule has 0 heterocycles. The van der Waals surface area contributed by atoms with Gasteiger partial charge in [0.1, 0.15) is 0 Å². The van der Waals surface area contributed by atoms with E-state index < -0.39 is 0 Å². The number of halogens is 2. The molecule has 2 N–H and O–H groups in total. The number of nitrogens with zero attached hydrogens (tertiary/aromatic N) is 2. The normalized spacial score (nSPS) is 11.3. The van der Waals surface area contributed by atoms with Crippen LogP contribution in [-0.4, -0.2) is 45.1 Å². The molecule has 0 spiro atoms. The van der Waals surface area contributed by atoms with Crippen molar-refractivity contribution in [3.8, 4) is 0 Å². The van der Waals surface area contributed by atoms with Crippen molar-refractivity contribution in [2.45, 2.75) is 38.6 Å². The molecule has 4 nitrogen and oxygen atoms in total. The minimum atomic E-state index is 0. The molecule has 138 valence electrons. The Morgan fingerprint density at radius 1 is 1.00 bits per heavy atom. The molecule has 0 aliphatic carbocycles. The summed E-state index contributed by atoms with van der Waals surface area (Å²) < 4.78 is 0. The van der Waals surface area contributed by atoms with E-state index in [0.29, 0.717) is 0 Å². The van der Waals surface area contributed by atoms with E-state index in [9.17, 15) is 0 Å². The molecule has 0 saturated carbocycles. The monoisotopic (exact) mass is 466 g/mol. The smallest absolute Gasteiger partial charge is 0.191 e. The van der Waals surface area contributed by atoms with E-state index in [2.05, 4.69) is 34.6 Å². The lowest BCUT2D eigenvalue weighted by atomic mass is 10.1. The van der Waals surface area contributed by atoms with E-state index in [1.165, 1.54) is 44.2 Å². The Bertz CT molecular complexity index is 449. The summed E-state index contributed by atoms with van der Waals surface area (Å²) in [6.07, 6.45) is 6.39. The van der Waals surface area contributed by atoms with Crippen LogP contribution in [0.25, 0.3) is 0 Å². The average molecular weight is 467 g/mol. The maximum Gasteiger partial charge on any atom is 0.191 e. The molecule has 0 aromatic heterocycles. The number of benzene rings is 1. The number of guanidine groups is 1. The average Bonchev–Trinajstić information content (AvgIpc) is 2.54. The quantitative estimate of drug-likeness (QED) is 0.236. The SMILES string of the molecule is CN=C(NCCCCCCCN(C)C)NCc1ccc(Cl)cc1.I. The zero-order valence-corrected chi connectivity index (χ0v) is 18.2. The third-order valence-corrected chi connectivity index (χ3v) is 3.92. The second kappa shape index (κ2) is 14.8. The second-order valence-corrected chi connectivity index (χ2v) is 6.49. The van der Waals surface area contributed by atoms with Crippen molar-refractivity contribution < 1.29 is 0 Å². The van der Waals surface area contributed by atoms with Crippen molar-refractivity contribution in [1.29, 1.82) is 0 Å². The van der Waals surface area contributed by atoms with Crippen molar-refractivity contribution >= 4 is 41.5 Å². The van der Waals surface area contributed by atoms with Crippen LogP contribution in [0, 0.1) is 0 Å². The van der Waals surface area contributed by atoms with E-state index >= 15 is 0 Å². The molecule has 0 unspecified atom stereocenters. The van der Waals surface area contributed by atoms with Crippen molar-refractivity contribution in [1.82, 2.24) is 15.5 Å². The van der Waals surface area contributed by atoms with Crippen LogP contribution in [0.4, 0.5) is 0 Å². The highest BCUT2D eigenvalue weighted by Crippen LogP contribution is 2.09. The van der Waals surface area contributed by atoms with Gasteiger partial charge in [0.15, 0.2) is 5.96 Å². The van der Waals surface area contributed by atoms with Crippen molar-refractivity contribution in [3.05, 3.63) is 34.9 Å². The Balaban J connectivity index is 0.00000529. The van der Waals surface area contributed by atoms with Gasteiger partial charge in [-0.25, -0.2) is 0 Å². The van der Waals surface area contributed by atoms with Gasteiger partial charge >= 0.3 is 0 Å². The van der Waals surface area contributed by atoms with Gasteiger partial charge in [0.25, 0.3) is 0 Å². The minimum Gasteiger partial charge on any atom is -0.356 e. The lowest BCUT2D eigenvalue weighted by Crippen LogP contribution is -2.37. The Hall–Kier alpha value is -0.530. The molecule has 0 radical (unpaired) electrons. The Labute approximate surface area is 169 Å². The predicted octanol–water partition coefficient (Wildman–Crippen LogP) is 4.14. The summed E-state index contributed by atoms with van der Waals surface area (Å²) in [5.41, 5.74) is 1.19. The van der Waals surface area contributed by atoms with Crippen LogP contribution in [-0.2, 0) is 6.54 Å². The maximum absolute atomic E-state index is 5.89. The largest absolute Gasteiger partial charge is 0.356 e. The topological polar surface area (TPSA) is 39.7 Å². The van der Waals surface area contributed by atoms with Crippen molar-refractivity contribution in [2.24, 2.45) is 4.99 Å². The van der Waals surface area contributed by atoms with E-state index in [-0.39, 0.29) is 24.0 Å². The van der Waals surface area contributed by atoms with Crippen LogP contribution < -0.4 is 10.6 Å². The van der Waals surface area contributed by atoms with Crippen LogP contribution in [0.2, 0.25) is 5.02 Å². The molecule has 0 aliphatic rings. The Morgan fingerprint density at radius 2 is 1.62 bits per heavy atom. The van der Waals surface area contributed by atoms with Gasteiger partial charge in [0.05, 0.1) is 0 Å². The van der Waals surface area contributed by atoms with Crippen molar-refractivity contribution in [2.75, 3.05) is 34.2 Å². The van der Waals surface area contributed by atoms with E-state index in [1.54, 1.807) is 7.05 Å². The summed E-state index contributed by atoms with van der Waals surface area (Å²) >= 11 is 5.89. The number of hydrogen-bond donors (Lipinski definition) is 2. The summed E-state index contributed by atoms with van der Waals surface area (Å²) in [4.78, 5) is 6.50. The zero-order valence-electron chi connectivity index (χ0n) is 15.1. The number of unbranched alkanes of at least 4 members (excludes halogenated alkanes) is 4. The van der Waals surface area contributed by atoms with Crippen LogP contribution in [0.3, 0.4) is 0 Å². The number of rotatable bonds is 10. The van der Waals surface area contributed by atoms with E-state index in [4.69, 9.17) is 11.6 Å². The van der Waals surface area contributed by atoms with Gasteiger partial charge in [-0.05, 0) is 51.2 Å². The predicted molar refractivity (Wildman–Crippen MR) is 117 cm³/mol. The minimum absolute atomic E-state index is 0. The van der Waals surface area contributed by atoms with Gasteiger partial charge in [-0.2, -0.15) is 0 Å². The summed E-state index contributed by atoms with van der Waals surface area (Å²) in [7, 11) is 6.07. The van der Waals surface area contributed by atoms with Crippen LogP contribution in [0.1, 0.15) is 37.7 Å². The van der Waals surface area contributed by atoms with Gasteiger partial charge in [-0.3, -0.25) is 4.99 Å². The van der Waals surface area contributed by atoms with Gasteiger partial charge < -0.3 is 15.5 Å². The summed E-state index contributed by atoms with van der Waals surface area (Å²) in [6.45, 7) is 2.91. The highest BCUT2D eigenvalue weighted by atomic mass is 127. The second-order valence-electron chi connectivity index (χ2n) is 6.05. The first-order valence-electron chi connectivity index (χ1n) is 8.45. The first-order chi connectivity index (χ1) is 11.1. The van der Waals surface area contributed by atoms with Gasteiger partial charge in [0, 0.05) is 25.2 Å². The first kappa shape index (κ1) is 23.5. The van der Waals surface area contributed by atoms with Gasteiger partial charge in [-0.1, -0.05) is 43.0 Å². The maximum atomic E-state index is 5.89. The molecule has 0 bridgehead atoms. The molecular formula is C18H32ClIN4. The molecule has 0 aliphatic heterocycles. The zero-order chi connectivity index (χ0) is 16.9. The molecule has 1 rings (SSSR count). The fourth-order valence-corrected chi connectivity index (χ4v) is 2.42. The highest BCUT2D eigenvalue weighted by molar-refractivity contribution is 14.0.